The van der Waals surface area contributed by atoms with Crippen LogP contribution in [-0.4, -0.2) is 22.0 Å². The van der Waals surface area contributed by atoms with Gasteiger partial charge >= 0.3 is 0 Å². The van der Waals surface area contributed by atoms with Crippen molar-refractivity contribution in [3.8, 4) is 0 Å². The lowest BCUT2D eigenvalue weighted by molar-refractivity contribution is 0.210. The van der Waals surface area contributed by atoms with Gasteiger partial charge < -0.3 is 15.4 Å². The molecule has 0 aliphatic carbocycles. The third-order valence-corrected chi connectivity index (χ3v) is 3.69. The first-order valence-corrected chi connectivity index (χ1v) is 6.22. The maximum atomic E-state index is 11.5. The highest BCUT2D eigenvalue weighted by Crippen LogP contribution is 2.19. The molecule has 0 spiro atoms. The Morgan fingerprint density at radius 2 is 1.93 bits per heavy atom. The van der Waals surface area contributed by atoms with E-state index in [0.29, 0.717) is 5.75 Å². The van der Waals surface area contributed by atoms with Crippen LogP contribution in [-0.2, 0) is 16.7 Å². The summed E-state index contributed by atoms with van der Waals surface area (Å²) in [5, 5.41) is 9.09. The number of aliphatic hydroxyl groups excluding tert-OH is 1. The first kappa shape index (κ1) is 12.5. The van der Waals surface area contributed by atoms with Gasteiger partial charge in [0.1, 0.15) is 5.75 Å². The molecule has 15 heavy (non-hydrogen) atoms. The van der Waals surface area contributed by atoms with Crippen molar-refractivity contribution < 1.29 is 9.66 Å². The molecule has 1 aromatic carbocycles. The van der Waals surface area contributed by atoms with Crippen LogP contribution in [0.5, 0.6) is 0 Å². The summed E-state index contributed by atoms with van der Waals surface area (Å²) >= 11 is -0.931. The van der Waals surface area contributed by atoms with Gasteiger partial charge in [-0.2, -0.15) is 0 Å². The van der Waals surface area contributed by atoms with Gasteiger partial charge in [0.15, 0.2) is 4.90 Å². The van der Waals surface area contributed by atoms with E-state index in [4.69, 9.17) is 10.8 Å². The first-order valence-electron chi connectivity index (χ1n) is 4.90. The molecule has 0 saturated heterocycles. The minimum absolute atomic E-state index is 0.108. The minimum atomic E-state index is -0.931. The second-order valence-electron chi connectivity index (χ2n) is 3.73. The van der Waals surface area contributed by atoms with Gasteiger partial charge in [-0.3, -0.25) is 0 Å². The number of hydrogen-bond acceptors (Lipinski definition) is 3. The highest BCUT2D eigenvalue weighted by atomic mass is 32.2. The average molecular weight is 227 g/mol. The molecule has 3 nitrogen and oxygen atoms in total. The molecule has 1 aromatic rings. The summed E-state index contributed by atoms with van der Waals surface area (Å²) in [6.07, 6.45) is 0. The standard InChI is InChI=1S/C11H17NO2S/c1-3-15(14)10-6-4-9(5-7-10)11(2,12)8-13/h4-7,13H,3,8,12H2,1-2H3. The molecule has 0 fully saturated rings. The predicted molar refractivity (Wildman–Crippen MR) is 62.0 cm³/mol. The SMILES string of the molecule is CC[S+]([O-])c1ccc(C(C)(N)CO)cc1. The molecule has 2 unspecified atom stereocenters. The zero-order valence-corrected chi connectivity index (χ0v) is 9.88. The number of rotatable bonds is 4. The molecule has 3 N–H and O–H groups in total. The van der Waals surface area contributed by atoms with E-state index in [1.54, 1.807) is 19.1 Å². The largest absolute Gasteiger partial charge is 0.611 e. The predicted octanol–water partition coefficient (Wildman–Crippen LogP) is 0.980. The van der Waals surface area contributed by atoms with Crippen LogP contribution in [0.15, 0.2) is 29.2 Å². The molecule has 2 atom stereocenters. The maximum Gasteiger partial charge on any atom is 0.152 e. The van der Waals surface area contributed by atoms with E-state index in [0.717, 1.165) is 10.5 Å². The van der Waals surface area contributed by atoms with Crippen LogP contribution in [0.4, 0.5) is 0 Å². The summed E-state index contributed by atoms with van der Waals surface area (Å²) in [5.41, 5.74) is 5.99. The van der Waals surface area contributed by atoms with Crippen molar-refractivity contribution in [3.05, 3.63) is 29.8 Å². The molecule has 0 radical (unpaired) electrons. The van der Waals surface area contributed by atoms with Crippen molar-refractivity contribution in [3.63, 3.8) is 0 Å². The molecule has 1 rings (SSSR count). The van der Waals surface area contributed by atoms with E-state index >= 15 is 0 Å². The van der Waals surface area contributed by atoms with Gasteiger partial charge in [0.2, 0.25) is 0 Å². The molecule has 0 aromatic heterocycles. The fourth-order valence-electron chi connectivity index (χ4n) is 1.25. The number of nitrogens with two attached hydrogens (primary N) is 1. The van der Waals surface area contributed by atoms with Crippen LogP contribution in [0.1, 0.15) is 19.4 Å². The second-order valence-corrected chi connectivity index (χ2v) is 5.47. The summed E-state index contributed by atoms with van der Waals surface area (Å²) < 4.78 is 11.5. The van der Waals surface area contributed by atoms with E-state index in [-0.39, 0.29) is 6.61 Å². The fraction of sp³-hybridized carbons (Fsp3) is 0.455. The average Bonchev–Trinajstić information content (AvgIpc) is 2.28. The third kappa shape index (κ3) is 2.95. The van der Waals surface area contributed by atoms with Gasteiger partial charge in [-0.15, -0.1) is 0 Å². The fourth-order valence-corrected chi connectivity index (χ4v) is 2.02. The molecule has 0 saturated carbocycles. The van der Waals surface area contributed by atoms with Crippen molar-refractivity contribution in [2.75, 3.05) is 12.4 Å². The molecular weight excluding hydrogens is 210 g/mol. The summed E-state index contributed by atoms with van der Waals surface area (Å²) in [6, 6.07) is 7.24. The highest BCUT2D eigenvalue weighted by molar-refractivity contribution is 7.91. The van der Waals surface area contributed by atoms with Crippen molar-refractivity contribution in [1.29, 1.82) is 0 Å². The summed E-state index contributed by atoms with van der Waals surface area (Å²) in [7, 11) is 0. The normalized spacial score (nSPS) is 17.1. The summed E-state index contributed by atoms with van der Waals surface area (Å²) in [5.74, 6) is 0.610. The van der Waals surface area contributed by atoms with Crippen LogP contribution in [0.2, 0.25) is 0 Å². The second kappa shape index (κ2) is 4.99. The Hall–Kier alpha value is -0.550. The van der Waals surface area contributed by atoms with Crippen LogP contribution in [0.3, 0.4) is 0 Å². The van der Waals surface area contributed by atoms with E-state index < -0.39 is 16.7 Å². The summed E-state index contributed by atoms with van der Waals surface area (Å²) in [4.78, 5) is 0.801. The molecule has 4 heteroatoms. The number of hydrogen-bond donors (Lipinski definition) is 2. The molecule has 0 heterocycles. The van der Waals surface area contributed by atoms with Crippen LogP contribution >= 0.6 is 0 Å². The lowest BCUT2D eigenvalue weighted by atomic mass is 9.94. The molecule has 84 valence electrons. The van der Waals surface area contributed by atoms with E-state index in [9.17, 15) is 4.55 Å². The van der Waals surface area contributed by atoms with Crippen LogP contribution < -0.4 is 5.73 Å². The van der Waals surface area contributed by atoms with E-state index in [2.05, 4.69) is 0 Å². The third-order valence-electron chi connectivity index (χ3n) is 2.37. The molecule has 0 aliphatic rings. The quantitative estimate of drug-likeness (QED) is 0.753. The lowest BCUT2D eigenvalue weighted by Gasteiger charge is -2.22. The van der Waals surface area contributed by atoms with Gasteiger partial charge in [-0.1, -0.05) is 12.1 Å². The van der Waals surface area contributed by atoms with Gasteiger partial charge in [0.25, 0.3) is 0 Å². The van der Waals surface area contributed by atoms with Gasteiger partial charge in [-0.25, -0.2) is 0 Å². The Morgan fingerprint density at radius 3 is 2.33 bits per heavy atom. The van der Waals surface area contributed by atoms with Gasteiger partial charge in [0, 0.05) is 0 Å². The topological polar surface area (TPSA) is 69.3 Å². The molecular formula is C11H17NO2S. The van der Waals surface area contributed by atoms with Crippen LogP contribution in [0, 0.1) is 0 Å². The Labute approximate surface area is 93.5 Å². The van der Waals surface area contributed by atoms with E-state index in [1.807, 2.05) is 19.1 Å². The van der Waals surface area contributed by atoms with Crippen molar-refractivity contribution in [2.24, 2.45) is 5.73 Å². The molecule has 0 aliphatic heterocycles. The van der Waals surface area contributed by atoms with Crippen molar-refractivity contribution >= 4 is 11.2 Å². The smallest absolute Gasteiger partial charge is 0.152 e. The molecule has 0 amide bonds. The van der Waals surface area contributed by atoms with E-state index in [1.165, 1.54) is 0 Å². The number of aliphatic hydroxyl groups is 1. The highest BCUT2D eigenvalue weighted by Gasteiger charge is 2.20. The first-order chi connectivity index (χ1) is 7.01. The van der Waals surface area contributed by atoms with Crippen LogP contribution in [0.25, 0.3) is 0 Å². The Morgan fingerprint density at radius 1 is 1.40 bits per heavy atom. The molecule has 0 bridgehead atoms. The monoisotopic (exact) mass is 227 g/mol. The van der Waals surface area contributed by atoms with Crippen molar-refractivity contribution in [2.45, 2.75) is 24.3 Å². The van der Waals surface area contributed by atoms with Gasteiger partial charge in [-0.05, 0) is 42.7 Å². The zero-order chi connectivity index (χ0) is 11.5. The Kier molecular flexibility index (Phi) is 4.16. The lowest BCUT2D eigenvalue weighted by Crippen LogP contribution is -2.36. The maximum absolute atomic E-state index is 11.5. The van der Waals surface area contributed by atoms with Gasteiger partial charge in [0.05, 0.1) is 12.1 Å². The van der Waals surface area contributed by atoms with Crippen molar-refractivity contribution in [1.82, 2.24) is 0 Å². The number of benzene rings is 1. The Balaban J connectivity index is 2.90. The minimum Gasteiger partial charge on any atom is -0.611 e. The Bertz CT molecular complexity index is 311. The summed E-state index contributed by atoms with van der Waals surface area (Å²) in [6.45, 7) is 3.53. The zero-order valence-electron chi connectivity index (χ0n) is 9.06.